The third-order valence-electron chi connectivity index (χ3n) is 5.28. The van der Waals surface area contributed by atoms with Crippen LogP contribution in [0, 0.1) is 0 Å². The molecule has 2 aliphatic heterocycles. The molecule has 140 valence electrons. The van der Waals surface area contributed by atoms with Gasteiger partial charge in [0, 0.05) is 37.7 Å². The number of ether oxygens (including phenoxy) is 1. The zero-order chi connectivity index (χ0) is 18.2. The summed E-state index contributed by atoms with van der Waals surface area (Å²) in [6.07, 6.45) is 3.30. The molecule has 2 atom stereocenters. The second-order valence-corrected chi connectivity index (χ2v) is 8.53. The number of hydrogen-bond donors (Lipinski definition) is 0. The average Bonchev–Trinajstić information content (AvgIpc) is 3.25. The van der Waals surface area contributed by atoms with Gasteiger partial charge in [-0.05, 0) is 25.8 Å². The summed E-state index contributed by atoms with van der Waals surface area (Å²) in [7, 11) is -2.47. The fraction of sp³-hybridized carbons (Fsp3) is 0.706. The van der Waals surface area contributed by atoms with E-state index >= 15 is 0 Å². The van der Waals surface area contributed by atoms with Crippen LogP contribution < -0.4 is 0 Å². The molecule has 3 heterocycles. The molecule has 7 nitrogen and oxygen atoms in total. The summed E-state index contributed by atoms with van der Waals surface area (Å²) in [5.74, 6) is -0.418. The van der Waals surface area contributed by atoms with Gasteiger partial charge in [-0.3, -0.25) is 4.90 Å². The fourth-order valence-corrected chi connectivity index (χ4v) is 5.85. The highest BCUT2D eigenvalue weighted by atomic mass is 32.2. The smallest absolute Gasteiger partial charge is 0.373 e. The van der Waals surface area contributed by atoms with Crippen molar-refractivity contribution in [3.63, 3.8) is 0 Å². The predicted molar refractivity (Wildman–Crippen MR) is 92.0 cm³/mol. The van der Waals surface area contributed by atoms with Crippen molar-refractivity contribution in [2.75, 3.05) is 26.7 Å². The molecule has 2 saturated heterocycles. The maximum Gasteiger partial charge on any atom is 0.373 e. The molecule has 8 heteroatoms. The quantitative estimate of drug-likeness (QED) is 0.736. The molecule has 0 radical (unpaired) electrons. The molecule has 3 rings (SSSR count). The first-order valence-electron chi connectivity index (χ1n) is 8.89. The zero-order valence-corrected chi connectivity index (χ0v) is 15.8. The van der Waals surface area contributed by atoms with Gasteiger partial charge < -0.3 is 9.15 Å². The summed E-state index contributed by atoms with van der Waals surface area (Å²) < 4.78 is 38.4. The van der Waals surface area contributed by atoms with Gasteiger partial charge in [0.1, 0.15) is 10.7 Å². The monoisotopic (exact) mass is 370 g/mol. The van der Waals surface area contributed by atoms with Crippen LogP contribution in [0.4, 0.5) is 0 Å². The van der Waals surface area contributed by atoms with Gasteiger partial charge in [-0.15, -0.1) is 0 Å². The zero-order valence-electron chi connectivity index (χ0n) is 15.0. The Balaban J connectivity index is 1.97. The van der Waals surface area contributed by atoms with E-state index in [-0.39, 0.29) is 22.7 Å². The highest BCUT2D eigenvalue weighted by Crippen LogP contribution is 2.32. The summed E-state index contributed by atoms with van der Waals surface area (Å²) in [6.45, 7) is 6.14. The summed E-state index contributed by atoms with van der Waals surface area (Å²) in [5.41, 5.74) is 0. The molecule has 0 saturated carbocycles. The molecular formula is C17H26N2O5S. The summed E-state index contributed by atoms with van der Waals surface area (Å²) in [4.78, 5) is 14.2. The van der Waals surface area contributed by atoms with Crippen molar-refractivity contribution >= 4 is 16.0 Å². The lowest BCUT2D eigenvalue weighted by Crippen LogP contribution is -2.57. The molecule has 1 aromatic rings. The van der Waals surface area contributed by atoms with E-state index in [1.165, 1.54) is 13.2 Å². The SMILES string of the molecule is CCc1oc(C(=O)OC)cc1S(=O)(=O)N1C[C@H]2CCCN2C[C@@H]1CC. The standard InChI is InChI=1S/C17H26N2O5S/c1-4-12-10-18-8-6-7-13(18)11-19(12)25(21,22)16-9-15(17(20)23-3)24-14(16)5-2/h9,12-13H,4-8,10-11H2,1-3H3/t12-,13+/m0/s1. The Morgan fingerprint density at radius 1 is 1.36 bits per heavy atom. The van der Waals surface area contributed by atoms with E-state index in [1.807, 2.05) is 13.8 Å². The van der Waals surface area contributed by atoms with Gasteiger partial charge in [0.25, 0.3) is 0 Å². The Kier molecular flexibility index (Phi) is 5.22. The third-order valence-corrected chi connectivity index (χ3v) is 7.24. The molecule has 2 fully saturated rings. The van der Waals surface area contributed by atoms with Gasteiger partial charge in [0.15, 0.2) is 0 Å². The number of esters is 1. The number of furan rings is 1. The Bertz CT molecular complexity index is 742. The van der Waals surface area contributed by atoms with E-state index in [1.54, 1.807) is 4.31 Å². The minimum Gasteiger partial charge on any atom is -0.463 e. The van der Waals surface area contributed by atoms with Crippen molar-refractivity contribution in [2.24, 2.45) is 0 Å². The number of nitrogens with zero attached hydrogens (tertiary/aromatic N) is 2. The van der Waals surface area contributed by atoms with Crippen molar-refractivity contribution in [3.8, 4) is 0 Å². The highest BCUT2D eigenvalue weighted by molar-refractivity contribution is 7.89. The molecule has 0 spiro atoms. The largest absolute Gasteiger partial charge is 0.463 e. The number of rotatable bonds is 5. The Morgan fingerprint density at radius 2 is 2.12 bits per heavy atom. The molecule has 0 aliphatic carbocycles. The lowest BCUT2D eigenvalue weighted by atomic mass is 10.1. The van der Waals surface area contributed by atoms with Gasteiger partial charge in [-0.2, -0.15) is 4.31 Å². The van der Waals surface area contributed by atoms with Crippen molar-refractivity contribution in [2.45, 2.75) is 56.5 Å². The summed E-state index contributed by atoms with van der Waals surface area (Å²) >= 11 is 0. The van der Waals surface area contributed by atoms with E-state index < -0.39 is 16.0 Å². The number of piperazine rings is 1. The number of carbonyl (C=O) groups is 1. The van der Waals surface area contributed by atoms with Gasteiger partial charge in [-0.25, -0.2) is 13.2 Å². The first-order chi connectivity index (χ1) is 11.9. The van der Waals surface area contributed by atoms with E-state index in [2.05, 4.69) is 9.64 Å². The number of sulfonamides is 1. The van der Waals surface area contributed by atoms with Crippen molar-refractivity contribution < 1.29 is 22.4 Å². The molecule has 0 unspecified atom stereocenters. The van der Waals surface area contributed by atoms with Crippen LogP contribution in [0.15, 0.2) is 15.4 Å². The second kappa shape index (κ2) is 7.09. The lowest BCUT2D eigenvalue weighted by molar-refractivity contribution is 0.0563. The van der Waals surface area contributed by atoms with Gasteiger partial charge in [0.05, 0.1) is 7.11 Å². The molecule has 1 aromatic heterocycles. The van der Waals surface area contributed by atoms with E-state index in [4.69, 9.17) is 4.42 Å². The number of methoxy groups -OCH3 is 1. The first-order valence-corrected chi connectivity index (χ1v) is 10.3. The van der Waals surface area contributed by atoms with Gasteiger partial charge in [-0.1, -0.05) is 13.8 Å². The number of fused-ring (bicyclic) bond motifs is 1. The van der Waals surface area contributed by atoms with Crippen LogP contribution in [0.25, 0.3) is 0 Å². The Labute approximate surface area is 149 Å². The molecule has 0 amide bonds. The summed E-state index contributed by atoms with van der Waals surface area (Å²) in [5, 5.41) is 0. The average molecular weight is 370 g/mol. The van der Waals surface area contributed by atoms with E-state index in [0.717, 1.165) is 32.4 Å². The third kappa shape index (κ3) is 3.22. The van der Waals surface area contributed by atoms with Crippen LogP contribution >= 0.6 is 0 Å². The molecule has 2 aliphatic rings. The lowest BCUT2D eigenvalue weighted by Gasteiger charge is -2.42. The number of hydrogen-bond acceptors (Lipinski definition) is 6. The van der Waals surface area contributed by atoms with Crippen LogP contribution in [0.1, 0.15) is 49.4 Å². The topological polar surface area (TPSA) is 80.1 Å². The molecule has 0 bridgehead atoms. The maximum absolute atomic E-state index is 13.3. The van der Waals surface area contributed by atoms with Crippen LogP contribution in [0.2, 0.25) is 0 Å². The van der Waals surface area contributed by atoms with Crippen LogP contribution in [0.3, 0.4) is 0 Å². The molecule has 0 N–H and O–H groups in total. The Hall–Kier alpha value is -1.38. The van der Waals surface area contributed by atoms with Crippen molar-refractivity contribution in [1.29, 1.82) is 0 Å². The Morgan fingerprint density at radius 3 is 2.76 bits per heavy atom. The van der Waals surface area contributed by atoms with Crippen LogP contribution in [0.5, 0.6) is 0 Å². The second-order valence-electron chi connectivity index (χ2n) is 6.67. The molecule has 0 aromatic carbocycles. The van der Waals surface area contributed by atoms with Crippen molar-refractivity contribution in [3.05, 3.63) is 17.6 Å². The minimum absolute atomic E-state index is 0.0551. The summed E-state index contributed by atoms with van der Waals surface area (Å²) in [6, 6.07) is 1.54. The van der Waals surface area contributed by atoms with E-state index in [9.17, 15) is 13.2 Å². The normalized spacial score (nSPS) is 25.1. The highest BCUT2D eigenvalue weighted by Gasteiger charge is 2.42. The fourth-order valence-electron chi connectivity index (χ4n) is 3.89. The van der Waals surface area contributed by atoms with Crippen molar-refractivity contribution in [1.82, 2.24) is 9.21 Å². The van der Waals surface area contributed by atoms with Crippen LogP contribution in [-0.4, -0.2) is 62.4 Å². The van der Waals surface area contributed by atoms with Crippen LogP contribution in [-0.2, 0) is 21.2 Å². The van der Waals surface area contributed by atoms with Gasteiger partial charge >= 0.3 is 5.97 Å². The maximum atomic E-state index is 13.3. The number of carbonyl (C=O) groups excluding carboxylic acids is 1. The minimum atomic E-state index is -3.72. The number of aryl methyl sites for hydroxylation is 1. The van der Waals surface area contributed by atoms with E-state index in [0.29, 0.717) is 18.7 Å². The van der Waals surface area contributed by atoms with Gasteiger partial charge in [0.2, 0.25) is 15.8 Å². The first kappa shape index (κ1) is 18.4. The molecular weight excluding hydrogens is 344 g/mol. The predicted octanol–water partition coefficient (Wildman–Crippen LogP) is 1.88. The molecule has 25 heavy (non-hydrogen) atoms.